The lowest BCUT2D eigenvalue weighted by Crippen LogP contribution is -2.44. The zero-order chi connectivity index (χ0) is 14.7. The Balaban J connectivity index is 2.94. The summed E-state index contributed by atoms with van der Waals surface area (Å²) in [7, 11) is 3.18. The van der Waals surface area contributed by atoms with Crippen LogP contribution in [0.2, 0.25) is 0 Å². The molecule has 4 heteroatoms. The van der Waals surface area contributed by atoms with Gasteiger partial charge in [0, 0.05) is 12.1 Å². The number of hydrogen-bond acceptors (Lipinski definition) is 4. The monoisotopic (exact) mass is 267 g/mol. The van der Waals surface area contributed by atoms with Gasteiger partial charge in [-0.25, -0.2) is 0 Å². The normalized spacial score (nSPS) is 14.9. The van der Waals surface area contributed by atoms with Crippen molar-refractivity contribution in [1.82, 2.24) is 5.32 Å². The van der Waals surface area contributed by atoms with Gasteiger partial charge in [-0.15, -0.1) is 0 Å². The quantitative estimate of drug-likeness (QED) is 0.859. The zero-order valence-corrected chi connectivity index (χ0v) is 12.7. The molecule has 0 heterocycles. The summed E-state index contributed by atoms with van der Waals surface area (Å²) in [6.45, 7) is 8.45. The summed E-state index contributed by atoms with van der Waals surface area (Å²) in [4.78, 5) is 0. The fourth-order valence-electron chi connectivity index (χ4n) is 1.71. The largest absolute Gasteiger partial charge is 0.493 e. The van der Waals surface area contributed by atoms with Gasteiger partial charge >= 0.3 is 0 Å². The first-order chi connectivity index (χ1) is 8.69. The Morgan fingerprint density at radius 1 is 1.05 bits per heavy atom. The van der Waals surface area contributed by atoms with Crippen molar-refractivity contribution in [3.8, 4) is 11.5 Å². The number of ether oxygens (including phenoxy) is 2. The molecule has 0 aromatic heterocycles. The molecule has 0 spiro atoms. The highest BCUT2D eigenvalue weighted by molar-refractivity contribution is 5.44. The Labute approximate surface area is 115 Å². The molecule has 0 bridgehead atoms. The van der Waals surface area contributed by atoms with E-state index in [1.54, 1.807) is 27.2 Å². The second-order valence-electron chi connectivity index (χ2n) is 5.95. The Kier molecular flexibility index (Phi) is 4.82. The Bertz CT molecular complexity index is 422. The van der Waals surface area contributed by atoms with Gasteiger partial charge in [0.2, 0.25) is 0 Å². The summed E-state index contributed by atoms with van der Waals surface area (Å²) >= 11 is 0. The highest BCUT2D eigenvalue weighted by atomic mass is 16.5. The molecular formula is C15H25NO3. The molecule has 0 saturated heterocycles. The van der Waals surface area contributed by atoms with Gasteiger partial charge in [0.25, 0.3) is 0 Å². The van der Waals surface area contributed by atoms with Crippen LogP contribution in [-0.2, 0) is 5.60 Å². The lowest BCUT2D eigenvalue weighted by atomic mass is 9.94. The number of nitrogens with one attached hydrogen (secondary N) is 1. The van der Waals surface area contributed by atoms with Crippen LogP contribution in [0.5, 0.6) is 11.5 Å². The van der Waals surface area contributed by atoms with Crippen LogP contribution in [0, 0.1) is 0 Å². The summed E-state index contributed by atoms with van der Waals surface area (Å²) in [5.41, 5.74) is -0.213. The minimum Gasteiger partial charge on any atom is -0.493 e. The molecule has 1 atom stereocenters. The van der Waals surface area contributed by atoms with Crippen LogP contribution in [0.25, 0.3) is 0 Å². The fraction of sp³-hybridized carbons (Fsp3) is 0.600. The molecule has 1 aromatic rings. The summed E-state index contributed by atoms with van der Waals surface area (Å²) in [6, 6.07) is 5.47. The minimum atomic E-state index is -0.965. The second-order valence-corrected chi connectivity index (χ2v) is 5.95. The average Bonchev–Trinajstić information content (AvgIpc) is 2.35. The molecule has 0 saturated carbocycles. The van der Waals surface area contributed by atoms with Crippen molar-refractivity contribution >= 4 is 0 Å². The van der Waals surface area contributed by atoms with Gasteiger partial charge in [0.15, 0.2) is 11.5 Å². The summed E-state index contributed by atoms with van der Waals surface area (Å²) < 4.78 is 10.5. The zero-order valence-electron chi connectivity index (χ0n) is 12.7. The van der Waals surface area contributed by atoms with Crippen LogP contribution < -0.4 is 14.8 Å². The molecule has 1 unspecified atom stereocenters. The third-order valence-electron chi connectivity index (χ3n) is 2.97. The predicted octanol–water partition coefficient (Wildman–Crippen LogP) is 2.30. The van der Waals surface area contributed by atoms with Gasteiger partial charge in [0.1, 0.15) is 0 Å². The number of methoxy groups -OCH3 is 2. The van der Waals surface area contributed by atoms with Crippen molar-refractivity contribution in [2.75, 3.05) is 20.8 Å². The highest BCUT2D eigenvalue weighted by Gasteiger charge is 2.26. The van der Waals surface area contributed by atoms with Crippen LogP contribution in [-0.4, -0.2) is 31.4 Å². The van der Waals surface area contributed by atoms with Crippen molar-refractivity contribution < 1.29 is 14.6 Å². The molecule has 0 fully saturated rings. The maximum atomic E-state index is 10.6. The molecular weight excluding hydrogens is 242 g/mol. The second kappa shape index (κ2) is 5.80. The number of hydrogen-bond donors (Lipinski definition) is 2. The van der Waals surface area contributed by atoms with Crippen LogP contribution in [0.15, 0.2) is 18.2 Å². The highest BCUT2D eigenvalue weighted by Crippen LogP contribution is 2.32. The molecule has 0 amide bonds. The van der Waals surface area contributed by atoms with Gasteiger partial charge < -0.3 is 19.9 Å². The standard InChI is InChI=1S/C15H25NO3/c1-14(2,3)16-10-15(4,17)11-7-8-12(18-5)13(9-11)19-6/h7-9,16-17H,10H2,1-6H3. The minimum absolute atomic E-state index is 0.0411. The third kappa shape index (κ3) is 4.40. The molecule has 4 nitrogen and oxygen atoms in total. The van der Waals surface area contributed by atoms with Crippen LogP contribution in [0.3, 0.4) is 0 Å². The van der Waals surface area contributed by atoms with E-state index in [-0.39, 0.29) is 5.54 Å². The molecule has 0 aliphatic carbocycles. The van der Waals surface area contributed by atoms with Gasteiger partial charge in [-0.05, 0) is 45.4 Å². The molecule has 0 aliphatic rings. The smallest absolute Gasteiger partial charge is 0.161 e. The maximum Gasteiger partial charge on any atom is 0.161 e. The van der Waals surface area contributed by atoms with Gasteiger partial charge in [-0.2, -0.15) is 0 Å². The van der Waals surface area contributed by atoms with Crippen molar-refractivity contribution in [2.24, 2.45) is 0 Å². The molecule has 0 radical (unpaired) electrons. The molecule has 0 aliphatic heterocycles. The SMILES string of the molecule is COc1ccc(C(C)(O)CNC(C)(C)C)cc1OC. The van der Waals surface area contributed by atoms with Crippen molar-refractivity contribution in [2.45, 2.75) is 38.8 Å². The van der Waals surface area contributed by atoms with Crippen molar-refractivity contribution in [3.63, 3.8) is 0 Å². The average molecular weight is 267 g/mol. The van der Waals surface area contributed by atoms with Gasteiger partial charge in [0.05, 0.1) is 19.8 Å². The van der Waals surface area contributed by atoms with Crippen LogP contribution in [0.1, 0.15) is 33.3 Å². The first-order valence-electron chi connectivity index (χ1n) is 6.39. The van der Waals surface area contributed by atoms with E-state index in [4.69, 9.17) is 9.47 Å². The van der Waals surface area contributed by atoms with Crippen molar-refractivity contribution in [1.29, 1.82) is 0 Å². The van der Waals surface area contributed by atoms with Gasteiger partial charge in [-0.3, -0.25) is 0 Å². The molecule has 108 valence electrons. The van der Waals surface area contributed by atoms with E-state index in [9.17, 15) is 5.11 Å². The Morgan fingerprint density at radius 2 is 1.63 bits per heavy atom. The number of benzene rings is 1. The lowest BCUT2D eigenvalue weighted by Gasteiger charge is -2.30. The Hall–Kier alpha value is -1.26. The number of β-amino-alcohol motifs (C(OH)–C–C–N with tert-alkyl or cyclic N) is 1. The number of rotatable bonds is 5. The van der Waals surface area contributed by atoms with E-state index < -0.39 is 5.60 Å². The van der Waals surface area contributed by atoms with E-state index in [0.717, 1.165) is 5.56 Å². The first kappa shape index (κ1) is 15.8. The number of aliphatic hydroxyl groups is 1. The van der Waals surface area contributed by atoms with Crippen LogP contribution >= 0.6 is 0 Å². The van der Waals surface area contributed by atoms with Crippen molar-refractivity contribution in [3.05, 3.63) is 23.8 Å². The Morgan fingerprint density at radius 3 is 2.11 bits per heavy atom. The van der Waals surface area contributed by atoms with E-state index >= 15 is 0 Å². The predicted molar refractivity (Wildman–Crippen MR) is 76.9 cm³/mol. The fourth-order valence-corrected chi connectivity index (χ4v) is 1.71. The summed E-state index contributed by atoms with van der Waals surface area (Å²) in [5, 5.41) is 13.9. The molecule has 1 rings (SSSR count). The van der Waals surface area contributed by atoms with E-state index in [2.05, 4.69) is 26.1 Å². The van der Waals surface area contributed by atoms with Gasteiger partial charge in [-0.1, -0.05) is 6.07 Å². The van der Waals surface area contributed by atoms with E-state index in [1.807, 2.05) is 12.1 Å². The first-order valence-corrected chi connectivity index (χ1v) is 6.39. The molecule has 1 aromatic carbocycles. The van der Waals surface area contributed by atoms with E-state index in [0.29, 0.717) is 18.0 Å². The topological polar surface area (TPSA) is 50.7 Å². The lowest BCUT2D eigenvalue weighted by molar-refractivity contribution is 0.0499. The van der Waals surface area contributed by atoms with E-state index in [1.165, 1.54) is 0 Å². The summed E-state index contributed by atoms with van der Waals surface area (Å²) in [5.74, 6) is 1.28. The molecule has 2 N–H and O–H groups in total. The maximum absolute atomic E-state index is 10.6. The third-order valence-corrected chi connectivity index (χ3v) is 2.97. The molecule has 19 heavy (non-hydrogen) atoms. The summed E-state index contributed by atoms with van der Waals surface area (Å²) in [6.07, 6.45) is 0. The van der Waals surface area contributed by atoms with Crippen LogP contribution in [0.4, 0.5) is 0 Å².